The largest absolute Gasteiger partial charge is 0.379 e. The molecular weight excluding hydrogens is 476 g/mol. The van der Waals surface area contributed by atoms with Gasteiger partial charge in [0, 0.05) is 24.3 Å². The molecule has 1 fully saturated rings. The van der Waals surface area contributed by atoms with Crippen LogP contribution in [0.5, 0.6) is 0 Å². The number of nitrogens with one attached hydrogen (secondary N) is 1. The zero-order valence-corrected chi connectivity index (χ0v) is 20.6. The third-order valence-electron chi connectivity index (χ3n) is 6.11. The van der Waals surface area contributed by atoms with Crippen LogP contribution >= 0.6 is 0 Å². The first-order valence-electron chi connectivity index (χ1n) is 11.6. The van der Waals surface area contributed by atoms with Crippen LogP contribution in [-0.2, 0) is 14.8 Å². The number of hydrogen-bond donors (Lipinski definition) is 1. The number of carbonyl (C=O) groups is 1. The summed E-state index contributed by atoms with van der Waals surface area (Å²) in [5.74, 6) is -0.322. The first-order valence-corrected chi connectivity index (χ1v) is 13.1. The molecule has 1 aromatic heterocycles. The van der Waals surface area contributed by atoms with Crippen molar-refractivity contribution >= 4 is 21.6 Å². The molecule has 9 heteroatoms. The van der Waals surface area contributed by atoms with Crippen LogP contribution in [0.4, 0.5) is 5.69 Å². The molecule has 1 amide bonds. The number of hydrogen-bond acceptors (Lipinski definition) is 5. The minimum atomic E-state index is -3.61. The van der Waals surface area contributed by atoms with Gasteiger partial charge < -0.3 is 10.1 Å². The maximum atomic E-state index is 13.5. The van der Waals surface area contributed by atoms with Gasteiger partial charge in [-0.15, -0.1) is 0 Å². The number of rotatable bonds is 6. The SMILES string of the molecule is Cc1c(C(=O)Nc2ccc(S(=O)(=O)N3CCOCC3)cc2)c(-c2ccccc2)nn1-c1ccccc1. The summed E-state index contributed by atoms with van der Waals surface area (Å²) in [6, 6.07) is 25.4. The summed E-state index contributed by atoms with van der Waals surface area (Å²) in [6.07, 6.45) is 0. The quantitative estimate of drug-likeness (QED) is 0.428. The molecule has 36 heavy (non-hydrogen) atoms. The Bertz CT molecular complexity index is 1460. The number of nitrogens with zero attached hydrogens (tertiary/aromatic N) is 3. The van der Waals surface area contributed by atoms with Gasteiger partial charge in [0.25, 0.3) is 5.91 Å². The first kappa shape index (κ1) is 23.9. The molecule has 8 nitrogen and oxygen atoms in total. The second-order valence-electron chi connectivity index (χ2n) is 8.42. The Morgan fingerprint density at radius 1 is 0.889 bits per heavy atom. The third kappa shape index (κ3) is 4.68. The van der Waals surface area contributed by atoms with E-state index < -0.39 is 10.0 Å². The molecule has 0 bridgehead atoms. The van der Waals surface area contributed by atoms with Crippen molar-refractivity contribution in [1.29, 1.82) is 0 Å². The maximum absolute atomic E-state index is 13.5. The highest BCUT2D eigenvalue weighted by Gasteiger charge is 2.27. The summed E-state index contributed by atoms with van der Waals surface area (Å²) in [5.41, 5.74) is 3.89. The minimum Gasteiger partial charge on any atom is -0.379 e. The highest BCUT2D eigenvalue weighted by atomic mass is 32.2. The standard InChI is InChI=1S/C27H26N4O4S/c1-20-25(26(21-8-4-2-5-9-21)29-31(20)23-10-6-3-7-11-23)27(32)28-22-12-14-24(15-13-22)36(33,34)30-16-18-35-19-17-30/h2-15H,16-19H2,1H3,(H,28,32). The summed E-state index contributed by atoms with van der Waals surface area (Å²) in [4.78, 5) is 13.7. The van der Waals surface area contributed by atoms with E-state index in [1.807, 2.05) is 67.6 Å². The molecule has 0 radical (unpaired) electrons. The second-order valence-corrected chi connectivity index (χ2v) is 10.4. The molecule has 5 rings (SSSR count). The highest BCUT2D eigenvalue weighted by Crippen LogP contribution is 2.28. The third-order valence-corrected chi connectivity index (χ3v) is 8.02. The van der Waals surface area contributed by atoms with Gasteiger partial charge in [-0.05, 0) is 43.3 Å². The van der Waals surface area contributed by atoms with Crippen molar-refractivity contribution in [3.05, 3.63) is 96.2 Å². The average Bonchev–Trinajstić information content (AvgIpc) is 3.27. The number of carbonyl (C=O) groups excluding carboxylic acids is 1. The van der Waals surface area contributed by atoms with Gasteiger partial charge in [-0.2, -0.15) is 9.40 Å². The molecule has 3 aromatic carbocycles. The van der Waals surface area contributed by atoms with Gasteiger partial charge in [0.15, 0.2) is 0 Å². The number of para-hydroxylation sites is 1. The topological polar surface area (TPSA) is 93.5 Å². The predicted octanol–water partition coefficient (Wildman–Crippen LogP) is 4.12. The maximum Gasteiger partial charge on any atom is 0.259 e. The van der Waals surface area contributed by atoms with Crippen LogP contribution in [0, 0.1) is 6.92 Å². The Kier molecular flexibility index (Phi) is 6.69. The van der Waals surface area contributed by atoms with Gasteiger partial charge in [-0.25, -0.2) is 13.1 Å². The average molecular weight is 503 g/mol. The van der Waals surface area contributed by atoms with E-state index in [9.17, 15) is 13.2 Å². The van der Waals surface area contributed by atoms with Gasteiger partial charge in [0.2, 0.25) is 10.0 Å². The molecule has 1 aliphatic rings. The van der Waals surface area contributed by atoms with Crippen LogP contribution in [0.25, 0.3) is 16.9 Å². The highest BCUT2D eigenvalue weighted by molar-refractivity contribution is 7.89. The smallest absolute Gasteiger partial charge is 0.259 e. The Morgan fingerprint density at radius 3 is 2.14 bits per heavy atom. The normalized spacial score (nSPS) is 14.5. The molecule has 0 saturated carbocycles. The molecule has 0 aliphatic carbocycles. The van der Waals surface area contributed by atoms with Crippen LogP contribution in [0.2, 0.25) is 0 Å². The molecule has 0 atom stereocenters. The van der Waals surface area contributed by atoms with Crippen LogP contribution in [0.3, 0.4) is 0 Å². The van der Waals surface area contributed by atoms with Crippen molar-refractivity contribution in [2.75, 3.05) is 31.6 Å². The van der Waals surface area contributed by atoms with E-state index in [2.05, 4.69) is 5.32 Å². The first-order chi connectivity index (χ1) is 17.4. The summed E-state index contributed by atoms with van der Waals surface area (Å²) in [6.45, 7) is 3.28. The van der Waals surface area contributed by atoms with Crippen molar-refractivity contribution in [1.82, 2.24) is 14.1 Å². The van der Waals surface area contributed by atoms with Crippen LogP contribution in [-0.4, -0.2) is 54.7 Å². The fourth-order valence-electron chi connectivity index (χ4n) is 4.23. The van der Waals surface area contributed by atoms with E-state index in [4.69, 9.17) is 9.84 Å². The number of aromatic nitrogens is 2. The van der Waals surface area contributed by atoms with Gasteiger partial charge in [-0.1, -0.05) is 48.5 Å². The predicted molar refractivity (Wildman–Crippen MR) is 138 cm³/mol. The fraction of sp³-hybridized carbons (Fsp3) is 0.185. The van der Waals surface area contributed by atoms with E-state index in [1.54, 1.807) is 16.8 Å². The number of benzene rings is 3. The molecule has 2 heterocycles. The summed E-state index contributed by atoms with van der Waals surface area (Å²) in [5, 5.41) is 7.68. The molecule has 1 N–H and O–H groups in total. The lowest BCUT2D eigenvalue weighted by atomic mass is 10.1. The number of amides is 1. The molecule has 1 saturated heterocycles. The van der Waals surface area contributed by atoms with E-state index in [-0.39, 0.29) is 10.8 Å². The molecule has 184 valence electrons. The van der Waals surface area contributed by atoms with Gasteiger partial charge in [-0.3, -0.25) is 4.79 Å². The zero-order chi connectivity index (χ0) is 25.1. The summed E-state index contributed by atoms with van der Waals surface area (Å²) < 4.78 is 34.2. The van der Waals surface area contributed by atoms with Crippen molar-refractivity contribution in [2.45, 2.75) is 11.8 Å². The second kappa shape index (κ2) is 10.1. The number of morpholine rings is 1. The lowest BCUT2D eigenvalue weighted by Crippen LogP contribution is -2.40. The van der Waals surface area contributed by atoms with E-state index in [1.165, 1.54) is 16.4 Å². The molecule has 4 aromatic rings. The molecule has 0 spiro atoms. The number of sulfonamides is 1. The minimum absolute atomic E-state index is 0.181. The Balaban J connectivity index is 1.45. The van der Waals surface area contributed by atoms with E-state index in [0.29, 0.717) is 48.9 Å². The van der Waals surface area contributed by atoms with E-state index in [0.717, 1.165) is 11.3 Å². The Labute approximate surface area is 210 Å². The number of ether oxygens (including phenoxy) is 1. The van der Waals surface area contributed by atoms with Crippen LogP contribution in [0.15, 0.2) is 89.8 Å². The van der Waals surface area contributed by atoms with Crippen LogP contribution in [0.1, 0.15) is 16.1 Å². The summed E-state index contributed by atoms with van der Waals surface area (Å²) >= 11 is 0. The van der Waals surface area contributed by atoms with Crippen LogP contribution < -0.4 is 5.32 Å². The zero-order valence-electron chi connectivity index (χ0n) is 19.8. The van der Waals surface area contributed by atoms with Crippen molar-refractivity contribution in [2.24, 2.45) is 0 Å². The monoisotopic (exact) mass is 502 g/mol. The molecule has 1 aliphatic heterocycles. The van der Waals surface area contributed by atoms with Gasteiger partial charge in [0.1, 0.15) is 5.69 Å². The van der Waals surface area contributed by atoms with E-state index >= 15 is 0 Å². The summed E-state index contributed by atoms with van der Waals surface area (Å²) in [7, 11) is -3.61. The van der Waals surface area contributed by atoms with Gasteiger partial charge in [0.05, 0.1) is 35.1 Å². The fourth-order valence-corrected chi connectivity index (χ4v) is 5.64. The van der Waals surface area contributed by atoms with Crippen molar-refractivity contribution < 1.29 is 17.9 Å². The van der Waals surface area contributed by atoms with Crippen molar-refractivity contribution in [3.8, 4) is 16.9 Å². The Morgan fingerprint density at radius 2 is 1.50 bits per heavy atom. The lowest BCUT2D eigenvalue weighted by Gasteiger charge is -2.26. The lowest BCUT2D eigenvalue weighted by molar-refractivity contribution is 0.0730. The van der Waals surface area contributed by atoms with Crippen molar-refractivity contribution in [3.63, 3.8) is 0 Å². The van der Waals surface area contributed by atoms with Gasteiger partial charge >= 0.3 is 0 Å². The number of anilines is 1. The molecule has 0 unspecified atom stereocenters. The molecular formula is C27H26N4O4S. The Hall–Kier alpha value is -3.79.